The number of hydrogen-bond acceptors (Lipinski definition) is 3. The Bertz CT molecular complexity index is 1010. The molecule has 0 saturated carbocycles. The number of aromatic nitrogens is 1. The fraction of sp³-hybridized carbons (Fsp3) is 0.0526. The molecule has 5 heteroatoms. The zero-order valence-corrected chi connectivity index (χ0v) is 12.9. The number of H-pyrrole nitrogens is 1. The van der Waals surface area contributed by atoms with Crippen LogP contribution in [0.4, 0.5) is 5.69 Å². The van der Waals surface area contributed by atoms with Gasteiger partial charge in [-0.2, -0.15) is 0 Å². The summed E-state index contributed by atoms with van der Waals surface area (Å²) in [4.78, 5) is 27.2. The fourth-order valence-electron chi connectivity index (χ4n) is 2.97. The van der Waals surface area contributed by atoms with Crippen molar-refractivity contribution in [2.24, 2.45) is 0 Å². The van der Waals surface area contributed by atoms with Crippen LogP contribution in [0.2, 0.25) is 0 Å². The van der Waals surface area contributed by atoms with E-state index in [9.17, 15) is 9.59 Å². The normalized spacial score (nSPS) is 14.7. The number of benzene rings is 2. The summed E-state index contributed by atoms with van der Waals surface area (Å²) in [5.74, 6) is -0.615. The van der Waals surface area contributed by atoms with E-state index in [0.717, 1.165) is 22.0 Å². The van der Waals surface area contributed by atoms with Gasteiger partial charge in [-0.15, -0.1) is 0 Å². The summed E-state index contributed by atoms with van der Waals surface area (Å²) in [6, 6.07) is 13.0. The second kappa shape index (κ2) is 5.38. The van der Waals surface area contributed by atoms with E-state index < -0.39 is 5.97 Å². The molecule has 5 nitrogen and oxygen atoms in total. The Kier molecular flexibility index (Phi) is 3.20. The van der Waals surface area contributed by atoms with Crippen molar-refractivity contribution in [3.05, 3.63) is 65.4 Å². The average Bonchev–Trinajstić information content (AvgIpc) is 3.19. The first kappa shape index (κ1) is 14.3. The van der Waals surface area contributed by atoms with Crippen LogP contribution in [-0.4, -0.2) is 24.0 Å². The van der Waals surface area contributed by atoms with Crippen molar-refractivity contribution >= 4 is 40.1 Å². The van der Waals surface area contributed by atoms with E-state index in [2.05, 4.69) is 10.3 Å². The maximum Gasteiger partial charge on any atom is 0.337 e. The molecule has 1 aliphatic rings. The van der Waals surface area contributed by atoms with Crippen molar-refractivity contribution in [3.63, 3.8) is 0 Å². The summed E-state index contributed by atoms with van der Waals surface area (Å²) in [5, 5.41) is 3.89. The number of esters is 1. The summed E-state index contributed by atoms with van der Waals surface area (Å²) >= 11 is 0. The highest BCUT2D eigenvalue weighted by Crippen LogP contribution is 2.34. The molecular weight excluding hydrogens is 304 g/mol. The molecule has 0 spiro atoms. The van der Waals surface area contributed by atoms with E-state index in [0.29, 0.717) is 16.8 Å². The second-order valence-corrected chi connectivity index (χ2v) is 5.55. The lowest BCUT2D eigenvalue weighted by Crippen LogP contribution is -2.04. The number of amides is 1. The predicted octanol–water partition coefficient (Wildman–Crippen LogP) is 3.45. The molecule has 24 heavy (non-hydrogen) atoms. The van der Waals surface area contributed by atoms with Crippen LogP contribution in [0.15, 0.2) is 48.7 Å². The fourth-order valence-corrected chi connectivity index (χ4v) is 2.97. The van der Waals surface area contributed by atoms with Crippen LogP contribution < -0.4 is 5.32 Å². The molecule has 118 valence electrons. The van der Waals surface area contributed by atoms with Crippen LogP contribution in [0.25, 0.3) is 22.6 Å². The monoisotopic (exact) mass is 318 g/mol. The minimum Gasteiger partial charge on any atom is -0.465 e. The van der Waals surface area contributed by atoms with Gasteiger partial charge in [0.25, 0.3) is 5.91 Å². The molecule has 0 fully saturated rings. The van der Waals surface area contributed by atoms with Crippen molar-refractivity contribution < 1.29 is 14.3 Å². The highest BCUT2D eigenvalue weighted by Gasteiger charge is 2.25. The van der Waals surface area contributed by atoms with Crippen LogP contribution in [0.1, 0.15) is 21.5 Å². The topological polar surface area (TPSA) is 71.2 Å². The Morgan fingerprint density at radius 2 is 2.04 bits per heavy atom. The second-order valence-electron chi connectivity index (χ2n) is 5.55. The SMILES string of the molecule is COC(=O)c1ccc2c(c1)NC(=O)C2=Cc1cccc2cc[nH]c12. The van der Waals surface area contributed by atoms with Crippen LogP contribution >= 0.6 is 0 Å². The zero-order valence-electron chi connectivity index (χ0n) is 12.9. The zero-order chi connectivity index (χ0) is 16.7. The number of methoxy groups -OCH3 is 1. The van der Waals surface area contributed by atoms with Crippen LogP contribution in [0.5, 0.6) is 0 Å². The van der Waals surface area contributed by atoms with Gasteiger partial charge in [0, 0.05) is 23.0 Å². The number of aromatic amines is 1. The first-order valence-corrected chi connectivity index (χ1v) is 7.49. The summed E-state index contributed by atoms with van der Waals surface area (Å²) < 4.78 is 4.71. The number of fused-ring (bicyclic) bond motifs is 2. The molecular formula is C19H14N2O3. The molecule has 1 aliphatic heterocycles. The molecule has 2 heterocycles. The molecule has 2 N–H and O–H groups in total. The molecule has 0 bridgehead atoms. The van der Waals surface area contributed by atoms with Crippen LogP contribution in [0.3, 0.4) is 0 Å². The number of nitrogens with one attached hydrogen (secondary N) is 2. The Morgan fingerprint density at radius 3 is 2.88 bits per heavy atom. The highest BCUT2D eigenvalue weighted by atomic mass is 16.5. The molecule has 3 aromatic rings. The number of carbonyl (C=O) groups is 2. The molecule has 1 aromatic heterocycles. The summed E-state index contributed by atoms with van der Waals surface area (Å²) in [5.41, 5.74) is 4.29. The summed E-state index contributed by atoms with van der Waals surface area (Å²) in [7, 11) is 1.33. The number of carbonyl (C=O) groups excluding carboxylic acids is 2. The van der Waals surface area contributed by atoms with Crippen molar-refractivity contribution in [2.75, 3.05) is 12.4 Å². The minimum absolute atomic E-state index is 0.185. The predicted molar refractivity (Wildman–Crippen MR) is 92.6 cm³/mol. The summed E-state index contributed by atoms with van der Waals surface area (Å²) in [6.45, 7) is 0. The lowest BCUT2D eigenvalue weighted by molar-refractivity contribution is -0.110. The molecule has 0 radical (unpaired) electrons. The van der Waals surface area contributed by atoms with E-state index in [1.807, 2.05) is 36.5 Å². The highest BCUT2D eigenvalue weighted by molar-refractivity contribution is 6.35. The van der Waals surface area contributed by atoms with E-state index in [1.54, 1.807) is 18.2 Å². The molecule has 0 aliphatic carbocycles. The van der Waals surface area contributed by atoms with E-state index >= 15 is 0 Å². The van der Waals surface area contributed by atoms with Gasteiger partial charge in [-0.3, -0.25) is 4.79 Å². The maximum absolute atomic E-state index is 12.4. The van der Waals surface area contributed by atoms with E-state index in [-0.39, 0.29) is 5.91 Å². The number of anilines is 1. The summed E-state index contributed by atoms with van der Waals surface area (Å²) in [6.07, 6.45) is 3.73. The van der Waals surface area contributed by atoms with Gasteiger partial charge in [-0.25, -0.2) is 4.79 Å². The third kappa shape index (κ3) is 2.18. The van der Waals surface area contributed by atoms with Gasteiger partial charge in [0.15, 0.2) is 0 Å². The van der Waals surface area contributed by atoms with Gasteiger partial charge in [0.05, 0.1) is 18.2 Å². The van der Waals surface area contributed by atoms with Gasteiger partial charge in [-0.1, -0.05) is 24.3 Å². The molecule has 0 unspecified atom stereocenters. The van der Waals surface area contributed by atoms with Crippen LogP contribution in [0, 0.1) is 0 Å². The lowest BCUT2D eigenvalue weighted by Gasteiger charge is -2.03. The van der Waals surface area contributed by atoms with Crippen molar-refractivity contribution in [2.45, 2.75) is 0 Å². The largest absolute Gasteiger partial charge is 0.465 e. The molecule has 2 aromatic carbocycles. The van der Waals surface area contributed by atoms with E-state index in [1.165, 1.54) is 7.11 Å². The first-order chi connectivity index (χ1) is 11.7. The van der Waals surface area contributed by atoms with Crippen LogP contribution in [-0.2, 0) is 9.53 Å². The van der Waals surface area contributed by atoms with Gasteiger partial charge in [0.1, 0.15) is 0 Å². The Balaban J connectivity index is 1.82. The molecule has 1 amide bonds. The van der Waals surface area contributed by atoms with Gasteiger partial charge >= 0.3 is 5.97 Å². The first-order valence-electron chi connectivity index (χ1n) is 7.49. The number of para-hydroxylation sites is 1. The third-order valence-corrected chi connectivity index (χ3v) is 4.14. The minimum atomic E-state index is -0.430. The third-order valence-electron chi connectivity index (χ3n) is 4.14. The quantitative estimate of drug-likeness (QED) is 0.561. The maximum atomic E-state index is 12.4. The standard InChI is InChI=1S/C19H14N2O3/c1-24-19(23)13-5-6-14-15(18(22)21-16(14)10-13)9-12-4-2-3-11-7-8-20-17(11)12/h2-10,20H,1H3,(H,21,22). The molecule has 4 rings (SSSR count). The van der Waals surface area contributed by atoms with E-state index in [4.69, 9.17) is 4.74 Å². The van der Waals surface area contributed by atoms with Crippen molar-refractivity contribution in [1.29, 1.82) is 0 Å². The number of ether oxygens (including phenoxy) is 1. The van der Waals surface area contributed by atoms with Crippen molar-refractivity contribution in [3.8, 4) is 0 Å². The van der Waals surface area contributed by atoms with Gasteiger partial charge in [0.2, 0.25) is 0 Å². The lowest BCUT2D eigenvalue weighted by atomic mass is 10.0. The van der Waals surface area contributed by atoms with Crippen molar-refractivity contribution in [1.82, 2.24) is 4.98 Å². The average molecular weight is 318 g/mol. The number of hydrogen-bond donors (Lipinski definition) is 2. The Hall–Kier alpha value is -3.34. The molecule has 0 saturated heterocycles. The van der Waals surface area contributed by atoms with Gasteiger partial charge in [-0.05, 0) is 35.2 Å². The van der Waals surface area contributed by atoms with Gasteiger partial charge < -0.3 is 15.0 Å². The Labute approximate surface area is 137 Å². The smallest absolute Gasteiger partial charge is 0.337 e. The Morgan fingerprint density at radius 1 is 1.17 bits per heavy atom. The molecule has 0 atom stereocenters. The number of rotatable bonds is 2.